The van der Waals surface area contributed by atoms with E-state index in [1.54, 1.807) is 12.1 Å². The number of ether oxygens (including phenoxy) is 1. The molecule has 0 saturated carbocycles. The Labute approximate surface area is 127 Å². The minimum absolute atomic E-state index is 0.140. The second-order valence-electron chi connectivity index (χ2n) is 4.68. The molecule has 1 N–H and O–H groups in total. The van der Waals surface area contributed by atoms with Crippen molar-refractivity contribution < 1.29 is 13.5 Å². The van der Waals surface area contributed by atoms with Crippen LogP contribution in [0.4, 0.5) is 8.78 Å². The zero-order valence-corrected chi connectivity index (χ0v) is 12.3. The van der Waals surface area contributed by atoms with Gasteiger partial charge in [-0.2, -0.15) is 8.78 Å². The van der Waals surface area contributed by atoms with Crippen LogP contribution in [0.1, 0.15) is 24.1 Å². The van der Waals surface area contributed by atoms with Gasteiger partial charge in [-0.05, 0) is 42.3 Å². The molecule has 0 bridgehead atoms. The molecule has 0 fully saturated rings. The van der Waals surface area contributed by atoms with Crippen molar-refractivity contribution in [1.29, 1.82) is 0 Å². The lowest BCUT2D eigenvalue weighted by Crippen LogP contribution is -2.18. The van der Waals surface area contributed by atoms with Gasteiger partial charge in [-0.3, -0.25) is 0 Å². The number of nitrogens with one attached hydrogen (secondary N) is 1. The number of rotatable bonds is 6. The SMILES string of the molecule is CC(NCc1ccc(OC(F)F)cc1)c1cccc(Cl)c1. The Morgan fingerprint density at radius 2 is 1.86 bits per heavy atom. The zero-order chi connectivity index (χ0) is 15.2. The van der Waals surface area contributed by atoms with Crippen molar-refractivity contribution in [2.75, 3.05) is 0 Å². The first-order valence-electron chi connectivity index (χ1n) is 6.57. The van der Waals surface area contributed by atoms with Gasteiger partial charge in [0.15, 0.2) is 0 Å². The van der Waals surface area contributed by atoms with E-state index in [9.17, 15) is 8.78 Å². The van der Waals surface area contributed by atoms with Crippen LogP contribution in [0.3, 0.4) is 0 Å². The summed E-state index contributed by atoms with van der Waals surface area (Å²) < 4.78 is 28.4. The van der Waals surface area contributed by atoms with Gasteiger partial charge < -0.3 is 10.1 Å². The lowest BCUT2D eigenvalue weighted by Gasteiger charge is -2.15. The molecule has 0 aliphatic heterocycles. The first-order chi connectivity index (χ1) is 10.0. The summed E-state index contributed by atoms with van der Waals surface area (Å²) in [5.41, 5.74) is 2.09. The summed E-state index contributed by atoms with van der Waals surface area (Å²) in [6.07, 6.45) is 0. The lowest BCUT2D eigenvalue weighted by atomic mass is 10.1. The molecule has 2 nitrogen and oxygen atoms in total. The predicted octanol–water partition coefficient (Wildman–Crippen LogP) is 4.79. The Kier molecular flexibility index (Phi) is 5.53. The topological polar surface area (TPSA) is 21.3 Å². The van der Waals surface area contributed by atoms with Crippen molar-refractivity contribution in [1.82, 2.24) is 5.32 Å². The molecular weight excluding hydrogens is 296 g/mol. The number of alkyl halides is 2. The molecule has 0 spiro atoms. The Balaban J connectivity index is 1.90. The van der Waals surface area contributed by atoms with Gasteiger partial charge in [-0.25, -0.2) is 0 Å². The Morgan fingerprint density at radius 3 is 2.48 bits per heavy atom. The van der Waals surface area contributed by atoms with Crippen molar-refractivity contribution in [2.24, 2.45) is 0 Å². The molecular formula is C16H16ClF2NO. The molecule has 2 rings (SSSR count). The molecule has 0 heterocycles. The van der Waals surface area contributed by atoms with Crippen LogP contribution in [0.15, 0.2) is 48.5 Å². The summed E-state index contributed by atoms with van der Waals surface area (Å²) in [4.78, 5) is 0. The maximum Gasteiger partial charge on any atom is 0.387 e. The maximum absolute atomic E-state index is 12.0. The molecule has 0 radical (unpaired) electrons. The molecule has 0 amide bonds. The molecule has 2 aromatic carbocycles. The first-order valence-corrected chi connectivity index (χ1v) is 6.95. The smallest absolute Gasteiger partial charge is 0.387 e. The van der Waals surface area contributed by atoms with E-state index in [0.29, 0.717) is 11.6 Å². The molecule has 2 aromatic rings. The van der Waals surface area contributed by atoms with Crippen molar-refractivity contribution in [3.63, 3.8) is 0 Å². The third-order valence-corrected chi connectivity index (χ3v) is 3.34. The monoisotopic (exact) mass is 311 g/mol. The fourth-order valence-electron chi connectivity index (χ4n) is 1.95. The van der Waals surface area contributed by atoms with Crippen LogP contribution in [0, 0.1) is 0 Å². The summed E-state index contributed by atoms with van der Waals surface area (Å²) in [5.74, 6) is 0.164. The highest BCUT2D eigenvalue weighted by Gasteiger charge is 2.06. The minimum atomic E-state index is -2.79. The van der Waals surface area contributed by atoms with E-state index in [0.717, 1.165) is 11.1 Å². The second-order valence-corrected chi connectivity index (χ2v) is 5.12. The van der Waals surface area contributed by atoms with E-state index in [1.165, 1.54) is 12.1 Å². The molecule has 1 atom stereocenters. The van der Waals surface area contributed by atoms with Gasteiger partial charge in [-0.1, -0.05) is 35.9 Å². The normalized spacial score (nSPS) is 12.4. The Morgan fingerprint density at radius 1 is 1.14 bits per heavy atom. The van der Waals surface area contributed by atoms with Gasteiger partial charge in [0.25, 0.3) is 0 Å². The van der Waals surface area contributed by atoms with Gasteiger partial charge in [-0.15, -0.1) is 0 Å². The van der Waals surface area contributed by atoms with Crippen molar-refractivity contribution in [3.05, 3.63) is 64.7 Å². The highest BCUT2D eigenvalue weighted by molar-refractivity contribution is 6.30. The maximum atomic E-state index is 12.0. The van der Waals surface area contributed by atoms with E-state index in [4.69, 9.17) is 11.6 Å². The average molecular weight is 312 g/mol. The van der Waals surface area contributed by atoms with Crippen LogP contribution in [-0.4, -0.2) is 6.61 Å². The van der Waals surface area contributed by atoms with Gasteiger partial charge in [0.2, 0.25) is 0 Å². The van der Waals surface area contributed by atoms with Crippen molar-refractivity contribution in [2.45, 2.75) is 26.1 Å². The molecule has 0 aliphatic carbocycles. The predicted molar refractivity (Wildman–Crippen MR) is 79.8 cm³/mol. The number of halogens is 3. The minimum Gasteiger partial charge on any atom is -0.435 e. The highest BCUT2D eigenvalue weighted by Crippen LogP contribution is 2.19. The van der Waals surface area contributed by atoms with Gasteiger partial charge in [0.05, 0.1) is 0 Å². The summed E-state index contributed by atoms with van der Waals surface area (Å²) in [6.45, 7) is -0.125. The van der Waals surface area contributed by atoms with Crippen LogP contribution in [0.25, 0.3) is 0 Å². The Bertz CT molecular complexity index is 575. The molecule has 112 valence electrons. The largest absolute Gasteiger partial charge is 0.435 e. The third-order valence-electron chi connectivity index (χ3n) is 3.11. The lowest BCUT2D eigenvalue weighted by molar-refractivity contribution is -0.0498. The summed E-state index contributed by atoms with van der Waals surface area (Å²) in [6, 6.07) is 14.4. The van der Waals surface area contributed by atoms with Gasteiger partial charge in [0, 0.05) is 17.6 Å². The van der Waals surface area contributed by atoms with Crippen LogP contribution in [-0.2, 0) is 6.54 Å². The molecule has 0 aromatic heterocycles. The van der Waals surface area contributed by atoms with Crippen LogP contribution >= 0.6 is 11.6 Å². The van der Waals surface area contributed by atoms with E-state index in [1.807, 2.05) is 31.2 Å². The fourth-order valence-corrected chi connectivity index (χ4v) is 2.15. The molecule has 0 aliphatic rings. The molecule has 5 heteroatoms. The van der Waals surface area contributed by atoms with E-state index >= 15 is 0 Å². The molecule has 1 unspecified atom stereocenters. The number of hydrogen-bond donors (Lipinski definition) is 1. The summed E-state index contributed by atoms with van der Waals surface area (Å²) >= 11 is 5.96. The Hall–Kier alpha value is -1.65. The molecule has 0 saturated heterocycles. The summed E-state index contributed by atoms with van der Waals surface area (Å²) in [5, 5.41) is 4.06. The number of benzene rings is 2. The molecule has 21 heavy (non-hydrogen) atoms. The van der Waals surface area contributed by atoms with E-state index < -0.39 is 6.61 Å². The van der Waals surface area contributed by atoms with Gasteiger partial charge in [0.1, 0.15) is 5.75 Å². The first kappa shape index (κ1) is 15.7. The number of hydrogen-bond acceptors (Lipinski definition) is 2. The van der Waals surface area contributed by atoms with Gasteiger partial charge >= 0.3 is 6.61 Å². The van der Waals surface area contributed by atoms with Crippen molar-refractivity contribution in [3.8, 4) is 5.75 Å². The average Bonchev–Trinajstić information content (AvgIpc) is 2.45. The highest BCUT2D eigenvalue weighted by atomic mass is 35.5. The second kappa shape index (κ2) is 7.38. The van der Waals surface area contributed by atoms with Crippen LogP contribution in [0.5, 0.6) is 5.75 Å². The third kappa shape index (κ3) is 4.99. The van der Waals surface area contributed by atoms with Crippen LogP contribution in [0.2, 0.25) is 5.02 Å². The zero-order valence-electron chi connectivity index (χ0n) is 11.5. The van der Waals surface area contributed by atoms with Crippen molar-refractivity contribution >= 4 is 11.6 Å². The standard InChI is InChI=1S/C16H16ClF2NO/c1-11(13-3-2-4-14(17)9-13)20-10-12-5-7-15(8-6-12)21-16(18)19/h2-9,11,16,20H,10H2,1H3. The fraction of sp³-hybridized carbons (Fsp3) is 0.250. The van der Waals surface area contributed by atoms with E-state index in [-0.39, 0.29) is 11.8 Å². The van der Waals surface area contributed by atoms with E-state index in [2.05, 4.69) is 10.1 Å². The summed E-state index contributed by atoms with van der Waals surface area (Å²) in [7, 11) is 0. The quantitative estimate of drug-likeness (QED) is 0.828. The van der Waals surface area contributed by atoms with Crippen LogP contribution < -0.4 is 10.1 Å².